The number of aromatic nitrogens is 4. The molecule has 26 heavy (non-hydrogen) atoms. The van der Waals surface area contributed by atoms with Gasteiger partial charge in [0.05, 0.1) is 17.1 Å². The fourth-order valence-corrected chi connectivity index (χ4v) is 3.49. The highest BCUT2D eigenvalue weighted by molar-refractivity contribution is 5.22. The van der Waals surface area contributed by atoms with Crippen molar-refractivity contribution in [3.05, 3.63) is 71.1 Å². The number of benzene rings is 1. The van der Waals surface area contributed by atoms with Crippen LogP contribution >= 0.6 is 0 Å². The van der Waals surface area contributed by atoms with Gasteiger partial charge >= 0.3 is 0 Å². The van der Waals surface area contributed by atoms with E-state index in [-0.39, 0.29) is 5.82 Å². The quantitative estimate of drug-likeness (QED) is 0.780. The van der Waals surface area contributed by atoms with Crippen LogP contribution in [0.25, 0.3) is 0 Å². The number of aliphatic hydroxyl groups is 1. The van der Waals surface area contributed by atoms with Gasteiger partial charge in [-0.1, -0.05) is 18.2 Å². The fraction of sp³-hybridized carbons (Fsp3) is 0.368. The minimum atomic E-state index is -0.804. The van der Waals surface area contributed by atoms with E-state index in [0.29, 0.717) is 30.0 Å². The minimum Gasteiger partial charge on any atom is -0.380 e. The first-order chi connectivity index (χ1) is 12.6. The van der Waals surface area contributed by atoms with Crippen LogP contribution in [0.5, 0.6) is 0 Å². The summed E-state index contributed by atoms with van der Waals surface area (Å²) in [6.45, 7) is 2.93. The molecule has 0 amide bonds. The lowest BCUT2D eigenvalue weighted by Gasteiger charge is -2.19. The van der Waals surface area contributed by atoms with Crippen molar-refractivity contribution < 1.29 is 9.50 Å². The van der Waals surface area contributed by atoms with E-state index in [1.807, 2.05) is 22.9 Å². The van der Waals surface area contributed by atoms with Crippen molar-refractivity contribution in [3.8, 4) is 0 Å². The molecular formula is C19H22FN5O. The van der Waals surface area contributed by atoms with Crippen molar-refractivity contribution in [2.24, 2.45) is 7.05 Å². The lowest BCUT2D eigenvalue weighted by Crippen LogP contribution is -2.23. The van der Waals surface area contributed by atoms with Gasteiger partial charge in [0, 0.05) is 45.0 Å². The maximum atomic E-state index is 14.0. The fourth-order valence-electron chi connectivity index (χ4n) is 3.49. The molecule has 1 atom stereocenters. The molecule has 1 aromatic carbocycles. The molecule has 0 aliphatic carbocycles. The van der Waals surface area contributed by atoms with E-state index in [0.717, 1.165) is 25.2 Å². The predicted octanol–water partition coefficient (Wildman–Crippen LogP) is 2.24. The molecule has 136 valence electrons. The Balaban J connectivity index is 1.54. The molecule has 0 fully saturated rings. The van der Waals surface area contributed by atoms with E-state index in [1.54, 1.807) is 30.1 Å². The summed E-state index contributed by atoms with van der Waals surface area (Å²) in [6, 6.07) is 10.6. The third kappa shape index (κ3) is 3.27. The Morgan fingerprint density at radius 1 is 1.23 bits per heavy atom. The number of rotatable bonds is 4. The first-order valence-corrected chi connectivity index (χ1v) is 8.80. The molecule has 6 nitrogen and oxygen atoms in total. The summed E-state index contributed by atoms with van der Waals surface area (Å²) >= 11 is 0. The largest absolute Gasteiger partial charge is 0.380 e. The second-order valence-corrected chi connectivity index (χ2v) is 6.72. The highest BCUT2D eigenvalue weighted by Gasteiger charge is 2.22. The molecular weight excluding hydrogens is 333 g/mol. The number of aryl methyl sites for hydroxylation is 2. The van der Waals surface area contributed by atoms with Gasteiger partial charge in [-0.05, 0) is 24.6 Å². The van der Waals surface area contributed by atoms with Crippen LogP contribution in [0, 0.1) is 5.82 Å². The Kier molecular flexibility index (Phi) is 4.57. The van der Waals surface area contributed by atoms with Crippen LogP contribution in [0.3, 0.4) is 0 Å². The normalized spacial score (nSPS) is 16.3. The van der Waals surface area contributed by atoms with Crippen LogP contribution in [-0.2, 0) is 26.7 Å². The molecule has 1 aliphatic heterocycles. The molecule has 4 rings (SSSR count). The summed E-state index contributed by atoms with van der Waals surface area (Å²) in [5.74, 6) is -0.169. The van der Waals surface area contributed by atoms with Gasteiger partial charge < -0.3 is 5.11 Å². The van der Waals surface area contributed by atoms with E-state index < -0.39 is 6.10 Å². The highest BCUT2D eigenvalue weighted by Crippen LogP contribution is 2.24. The number of halogens is 1. The zero-order valence-electron chi connectivity index (χ0n) is 14.7. The van der Waals surface area contributed by atoms with Crippen molar-refractivity contribution in [3.63, 3.8) is 0 Å². The monoisotopic (exact) mass is 355 g/mol. The lowest BCUT2D eigenvalue weighted by atomic mass is 10.1. The Bertz CT molecular complexity index is 903. The van der Waals surface area contributed by atoms with Gasteiger partial charge in [-0.2, -0.15) is 10.2 Å². The Labute approximate surface area is 151 Å². The van der Waals surface area contributed by atoms with Crippen LogP contribution < -0.4 is 0 Å². The molecule has 2 aromatic heterocycles. The highest BCUT2D eigenvalue weighted by atomic mass is 19.1. The second-order valence-electron chi connectivity index (χ2n) is 6.72. The van der Waals surface area contributed by atoms with Gasteiger partial charge in [0.2, 0.25) is 0 Å². The number of hydrogen-bond acceptors (Lipinski definition) is 4. The molecule has 3 aromatic rings. The molecule has 0 spiro atoms. The van der Waals surface area contributed by atoms with Crippen molar-refractivity contribution in [1.29, 1.82) is 0 Å². The molecule has 0 radical (unpaired) electrons. The van der Waals surface area contributed by atoms with Crippen LogP contribution in [0.4, 0.5) is 4.39 Å². The third-order valence-corrected chi connectivity index (χ3v) is 4.88. The van der Waals surface area contributed by atoms with Gasteiger partial charge in [-0.25, -0.2) is 4.39 Å². The van der Waals surface area contributed by atoms with Crippen LogP contribution in [-0.4, -0.2) is 36.1 Å². The molecule has 7 heteroatoms. The Morgan fingerprint density at radius 3 is 2.85 bits per heavy atom. The van der Waals surface area contributed by atoms with E-state index in [9.17, 15) is 9.50 Å². The van der Waals surface area contributed by atoms with Gasteiger partial charge in [0.15, 0.2) is 0 Å². The lowest BCUT2D eigenvalue weighted by molar-refractivity contribution is 0.203. The van der Waals surface area contributed by atoms with Crippen molar-refractivity contribution in [1.82, 2.24) is 24.5 Å². The van der Waals surface area contributed by atoms with Gasteiger partial charge in [-0.3, -0.25) is 14.3 Å². The summed E-state index contributed by atoms with van der Waals surface area (Å²) in [7, 11) is 1.80. The van der Waals surface area contributed by atoms with Crippen LogP contribution in [0.1, 0.15) is 35.2 Å². The average Bonchev–Trinajstić information content (AvgIpc) is 3.18. The molecule has 0 saturated heterocycles. The maximum Gasteiger partial charge on any atom is 0.139 e. The molecule has 3 heterocycles. The van der Waals surface area contributed by atoms with Crippen molar-refractivity contribution in [2.45, 2.75) is 32.2 Å². The average molecular weight is 355 g/mol. The van der Waals surface area contributed by atoms with Gasteiger partial charge in [-0.15, -0.1) is 0 Å². The summed E-state index contributed by atoms with van der Waals surface area (Å²) in [5, 5.41) is 19.3. The molecule has 1 unspecified atom stereocenters. The standard InChI is InChI=1S/C19H22FN5O/c1-23-18(7-8-21-23)19(26)17-11-15-13-24(9-4-10-25(15)22-17)12-14-5-2-3-6-16(14)20/h2-3,5-8,11,19,26H,4,9-10,12-13H2,1H3. The van der Waals surface area contributed by atoms with E-state index >= 15 is 0 Å². The smallest absolute Gasteiger partial charge is 0.139 e. The Morgan fingerprint density at radius 2 is 2.08 bits per heavy atom. The summed E-state index contributed by atoms with van der Waals surface area (Å²) in [4.78, 5) is 2.22. The zero-order chi connectivity index (χ0) is 18.1. The van der Waals surface area contributed by atoms with Gasteiger partial charge in [0.1, 0.15) is 11.9 Å². The number of nitrogens with zero attached hydrogens (tertiary/aromatic N) is 5. The van der Waals surface area contributed by atoms with Crippen molar-refractivity contribution in [2.75, 3.05) is 6.54 Å². The van der Waals surface area contributed by atoms with Crippen LogP contribution in [0.2, 0.25) is 0 Å². The van der Waals surface area contributed by atoms with Crippen molar-refractivity contribution >= 4 is 0 Å². The first kappa shape index (κ1) is 16.9. The van der Waals surface area contributed by atoms with Gasteiger partial charge in [0.25, 0.3) is 0 Å². The number of aliphatic hydroxyl groups excluding tert-OH is 1. The summed E-state index contributed by atoms with van der Waals surface area (Å²) < 4.78 is 17.6. The number of hydrogen-bond donors (Lipinski definition) is 1. The summed E-state index contributed by atoms with van der Waals surface area (Å²) in [6.07, 6.45) is 1.79. The number of fused-ring (bicyclic) bond motifs is 1. The summed E-state index contributed by atoms with van der Waals surface area (Å²) in [5.41, 5.74) is 3.07. The predicted molar refractivity (Wildman–Crippen MR) is 94.6 cm³/mol. The second kappa shape index (κ2) is 7.01. The molecule has 0 saturated carbocycles. The van der Waals surface area contributed by atoms with E-state index in [1.165, 1.54) is 6.07 Å². The molecule has 1 N–H and O–H groups in total. The van der Waals surface area contributed by atoms with Crippen LogP contribution in [0.15, 0.2) is 42.6 Å². The zero-order valence-corrected chi connectivity index (χ0v) is 14.7. The molecule has 1 aliphatic rings. The van der Waals surface area contributed by atoms with E-state index in [2.05, 4.69) is 15.1 Å². The van der Waals surface area contributed by atoms with E-state index in [4.69, 9.17) is 0 Å². The molecule has 0 bridgehead atoms. The minimum absolute atomic E-state index is 0.169. The third-order valence-electron chi connectivity index (χ3n) is 4.88. The first-order valence-electron chi connectivity index (χ1n) is 8.80. The SMILES string of the molecule is Cn1nccc1C(O)c1cc2n(n1)CCCN(Cc1ccccc1F)C2. The topological polar surface area (TPSA) is 59.1 Å². The maximum absolute atomic E-state index is 14.0. The Hall–Kier alpha value is -2.51.